The first-order valence-corrected chi connectivity index (χ1v) is 10.2. The standard InChI is InChI=1S/C19H10NOS.C5H8O2.Ir/c21-22-16-8-4-3-7-15(16)19-18-14(9-10-20-19)13-6-2-1-5-12(13)11-17(18)22;1-4(6)3-5(2)7;/h1-6,8-11H;3,6H,1-2H3;/q-1;;/b;4-3-;. The van der Waals surface area contributed by atoms with Crippen LogP contribution in [0.15, 0.2) is 82.4 Å². The summed E-state index contributed by atoms with van der Waals surface area (Å²) in [5.74, 6) is -0.0625. The maximum Gasteiger partial charge on any atom is 0.155 e. The normalized spacial score (nSPS) is 14.3. The molecule has 153 valence electrons. The van der Waals surface area contributed by atoms with E-state index in [9.17, 15) is 9.00 Å². The molecular weight excluding hydrogens is 575 g/mol. The fraction of sp³-hybridized carbons (Fsp3) is 0.0833. The van der Waals surface area contributed by atoms with E-state index in [0.29, 0.717) is 0 Å². The number of pyridine rings is 1. The van der Waals surface area contributed by atoms with E-state index in [1.807, 2.05) is 48.7 Å². The summed E-state index contributed by atoms with van der Waals surface area (Å²) in [7, 11) is -1.19. The molecule has 1 N–H and O–H groups in total. The molecule has 1 aromatic heterocycles. The largest absolute Gasteiger partial charge is 0.512 e. The average Bonchev–Trinajstić information content (AvgIpc) is 2.71. The molecule has 3 aromatic carbocycles. The molecule has 4 nitrogen and oxygen atoms in total. The minimum atomic E-state index is -1.19. The van der Waals surface area contributed by atoms with Crippen LogP contribution in [0.25, 0.3) is 32.8 Å². The Hall–Kier alpha value is -2.66. The third kappa shape index (κ3) is 3.99. The van der Waals surface area contributed by atoms with Gasteiger partial charge in [0.15, 0.2) is 5.78 Å². The topological polar surface area (TPSA) is 67.3 Å². The Morgan fingerprint density at radius 1 is 1.07 bits per heavy atom. The minimum absolute atomic E-state index is 0. The van der Waals surface area contributed by atoms with Crippen LogP contribution in [-0.4, -0.2) is 20.1 Å². The molecule has 0 saturated carbocycles. The van der Waals surface area contributed by atoms with Gasteiger partial charge < -0.3 is 10.1 Å². The van der Waals surface area contributed by atoms with Crippen LogP contribution in [0, 0.1) is 6.07 Å². The van der Waals surface area contributed by atoms with Crippen LogP contribution in [0.1, 0.15) is 13.8 Å². The van der Waals surface area contributed by atoms with E-state index in [0.717, 1.165) is 37.2 Å². The van der Waals surface area contributed by atoms with Gasteiger partial charge in [-0.3, -0.25) is 9.00 Å². The van der Waals surface area contributed by atoms with E-state index in [1.165, 1.54) is 25.3 Å². The third-order valence-electron chi connectivity index (χ3n) is 4.60. The third-order valence-corrected chi connectivity index (χ3v) is 6.06. The Balaban J connectivity index is 0.000000281. The molecule has 30 heavy (non-hydrogen) atoms. The monoisotopic (exact) mass is 593 g/mol. The fourth-order valence-corrected chi connectivity index (χ4v) is 4.93. The van der Waals surface area contributed by atoms with E-state index in [2.05, 4.69) is 23.2 Å². The number of aliphatic hydroxyl groups excluding tert-OH is 1. The fourth-order valence-electron chi connectivity index (χ4n) is 3.53. The molecule has 1 radical (unpaired) electrons. The van der Waals surface area contributed by atoms with Crippen molar-refractivity contribution in [2.24, 2.45) is 0 Å². The van der Waals surface area contributed by atoms with Crippen molar-refractivity contribution < 1.29 is 34.2 Å². The van der Waals surface area contributed by atoms with Crippen LogP contribution in [-0.2, 0) is 35.7 Å². The zero-order valence-electron chi connectivity index (χ0n) is 16.3. The quantitative estimate of drug-likeness (QED) is 0.123. The van der Waals surface area contributed by atoms with Gasteiger partial charge in [0.2, 0.25) is 0 Å². The molecule has 1 unspecified atom stereocenters. The number of hydrogen-bond donors (Lipinski definition) is 1. The summed E-state index contributed by atoms with van der Waals surface area (Å²) in [6, 6.07) is 21.1. The molecule has 4 aromatic rings. The summed E-state index contributed by atoms with van der Waals surface area (Å²) in [5.41, 5.74) is 1.74. The molecule has 1 aliphatic rings. The van der Waals surface area contributed by atoms with Crippen LogP contribution in [0.2, 0.25) is 0 Å². The Bertz CT molecular complexity index is 1330. The van der Waals surface area contributed by atoms with E-state index in [-0.39, 0.29) is 31.6 Å². The number of hydrogen-bond acceptors (Lipinski definition) is 4. The number of rotatable bonds is 1. The first-order valence-electron chi connectivity index (χ1n) is 9.08. The van der Waals surface area contributed by atoms with Crippen molar-refractivity contribution >= 4 is 38.1 Å². The van der Waals surface area contributed by atoms with Crippen molar-refractivity contribution in [3.63, 3.8) is 0 Å². The van der Waals surface area contributed by atoms with Crippen LogP contribution in [0.5, 0.6) is 0 Å². The molecule has 1 atom stereocenters. The summed E-state index contributed by atoms with van der Waals surface area (Å²) >= 11 is 0. The molecule has 1 aliphatic heterocycles. The number of fused-ring (bicyclic) bond motifs is 4. The second kappa shape index (κ2) is 9.00. The molecule has 0 amide bonds. The first kappa shape index (κ1) is 22.0. The molecular formula is C24H18IrNO3S-. The van der Waals surface area contributed by atoms with E-state index >= 15 is 0 Å². The number of carbonyl (C=O) groups excluding carboxylic acids is 1. The summed E-state index contributed by atoms with van der Waals surface area (Å²) in [5, 5.41) is 12.7. The Morgan fingerprint density at radius 3 is 2.53 bits per heavy atom. The maximum absolute atomic E-state index is 13.0. The average molecular weight is 593 g/mol. The predicted molar refractivity (Wildman–Crippen MR) is 115 cm³/mol. The van der Waals surface area contributed by atoms with Gasteiger partial charge in [-0.25, -0.2) is 0 Å². The second-order valence-electron chi connectivity index (χ2n) is 6.75. The SMILES string of the molecule is CC(=O)/C=C(/C)O.O=S1c2ccc[c-]c2-c2nccc3c2c1cc1ccccc13.[Ir]. The molecule has 2 heterocycles. The van der Waals surface area contributed by atoms with Crippen molar-refractivity contribution in [1.29, 1.82) is 0 Å². The van der Waals surface area contributed by atoms with Crippen molar-refractivity contribution in [2.75, 3.05) is 0 Å². The van der Waals surface area contributed by atoms with Gasteiger partial charge in [-0.2, -0.15) is 0 Å². The van der Waals surface area contributed by atoms with E-state index < -0.39 is 10.8 Å². The molecule has 0 saturated heterocycles. The summed E-state index contributed by atoms with van der Waals surface area (Å²) in [6.45, 7) is 2.85. The molecule has 5 rings (SSSR count). The van der Waals surface area contributed by atoms with Crippen LogP contribution in [0.3, 0.4) is 0 Å². The number of allylic oxidation sites excluding steroid dienone is 2. The van der Waals surface area contributed by atoms with Gasteiger partial charge in [0, 0.05) is 48.1 Å². The number of aromatic nitrogens is 1. The molecule has 0 fully saturated rings. The smallest absolute Gasteiger partial charge is 0.155 e. The Labute approximate surface area is 190 Å². The van der Waals surface area contributed by atoms with Gasteiger partial charge in [-0.05, 0) is 58.1 Å². The Morgan fingerprint density at radius 2 is 1.83 bits per heavy atom. The van der Waals surface area contributed by atoms with Crippen LogP contribution >= 0.6 is 0 Å². The zero-order valence-corrected chi connectivity index (χ0v) is 19.5. The minimum Gasteiger partial charge on any atom is -0.512 e. The number of benzene rings is 3. The van der Waals surface area contributed by atoms with Gasteiger partial charge >= 0.3 is 0 Å². The number of aliphatic hydroxyl groups is 1. The van der Waals surface area contributed by atoms with Crippen molar-refractivity contribution in [3.8, 4) is 11.3 Å². The summed E-state index contributed by atoms with van der Waals surface area (Å²) in [4.78, 5) is 16.2. The number of nitrogens with zero attached hydrogens (tertiary/aromatic N) is 1. The first-order chi connectivity index (χ1) is 14.0. The molecule has 0 spiro atoms. The number of carbonyl (C=O) groups is 1. The molecule has 0 aliphatic carbocycles. The van der Waals surface area contributed by atoms with Crippen molar-refractivity contribution in [2.45, 2.75) is 23.6 Å². The summed E-state index contributed by atoms with van der Waals surface area (Å²) < 4.78 is 13.0. The van der Waals surface area contributed by atoms with E-state index in [1.54, 1.807) is 0 Å². The number of ketones is 1. The predicted octanol–water partition coefficient (Wildman–Crippen LogP) is 5.37. The van der Waals surface area contributed by atoms with Gasteiger partial charge in [0.1, 0.15) is 0 Å². The van der Waals surface area contributed by atoms with Crippen molar-refractivity contribution in [3.05, 3.63) is 78.7 Å². The molecule has 0 bridgehead atoms. The van der Waals surface area contributed by atoms with Gasteiger partial charge in [-0.1, -0.05) is 24.3 Å². The second-order valence-corrected chi connectivity index (χ2v) is 8.17. The molecule has 6 heteroatoms. The van der Waals surface area contributed by atoms with Gasteiger partial charge in [0.05, 0.1) is 5.76 Å². The van der Waals surface area contributed by atoms with Crippen molar-refractivity contribution in [1.82, 2.24) is 4.98 Å². The zero-order chi connectivity index (χ0) is 20.5. The van der Waals surface area contributed by atoms with Crippen LogP contribution < -0.4 is 0 Å². The Kier molecular flexibility index (Phi) is 6.61. The van der Waals surface area contributed by atoms with Crippen LogP contribution in [0.4, 0.5) is 0 Å². The van der Waals surface area contributed by atoms with Gasteiger partial charge in [-0.15, -0.1) is 29.8 Å². The van der Waals surface area contributed by atoms with E-state index in [4.69, 9.17) is 5.11 Å². The van der Waals surface area contributed by atoms with Gasteiger partial charge in [0.25, 0.3) is 0 Å². The maximum atomic E-state index is 13.0. The summed E-state index contributed by atoms with van der Waals surface area (Å²) in [6.07, 6.45) is 2.99.